The number of hydrogen-bond acceptors (Lipinski definition) is 11. The van der Waals surface area contributed by atoms with Crippen molar-refractivity contribution in [2.45, 2.75) is 43.5 Å². The standard InChI is InChI=1S/C27H38O11/c1-34-19-6-4-15(10-21(19)35-2)8-17(12-28)18(13-29)9-16-5-7-20(22(11-16)36-3)37-27-26(33)25(32)24(31)23(14-30)38-27/h4-7,10-11,17-18,23-33H,8-9,12-14H2,1-3H3/t17-,18-,23+,24+,25-,26+,27+/m0/s1. The molecule has 0 amide bonds. The molecule has 1 saturated heterocycles. The molecule has 0 unspecified atom stereocenters. The van der Waals surface area contributed by atoms with Gasteiger partial charge in [0.25, 0.3) is 0 Å². The number of ether oxygens (including phenoxy) is 5. The second-order valence-corrected chi connectivity index (χ2v) is 9.28. The summed E-state index contributed by atoms with van der Waals surface area (Å²) in [6.45, 7) is -0.849. The average Bonchev–Trinajstić information content (AvgIpc) is 2.95. The molecule has 1 aliphatic rings. The van der Waals surface area contributed by atoms with Crippen molar-refractivity contribution in [1.82, 2.24) is 0 Å². The largest absolute Gasteiger partial charge is 0.493 e. The van der Waals surface area contributed by atoms with Gasteiger partial charge < -0.3 is 54.3 Å². The lowest BCUT2D eigenvalue weighted by molar-refractivity contribution is -0.277. The van der Waals surface area contributed by atoms with Gasteiger partial charge in [0.05, 0.1) is 27.9 Å². The fourth-order valence-corrected chi connectivity index (χ4v) is 4.60. The molecule has 212 valence electrons. The zero-order valence-corrected chi connectivity index (χ0v) is 21.8. The van der Waals surface area contributed by atoms with Gasteiger partial charge in [-0.2, -0.15) is 0 Å². The van der Waals surface area contributed by atoms with Crippen LogP contribution in [-0.2, 0) is 17.6 Å². The van der Waals surface area contributed by atoms with Gasteiger partial charge in [-0.3, -0.25) is 0 Å². The number of benzene rings is 2. The van der Waals surface area contributed by atoms with Crippen molar-refractivity contribution in [3.05, 3.63) is 47.5 Å². The minimum atomic E-state index is -1.57. The maximum atomic E-state index is 10.3. The molecule has 1 aliphatic heterocycles. The monoisotopic (exact) mass is 538 g/mol. The van der Waals surface area contributed by atoms with Crippen molar-refractivity contribution < 1.29 is 54.3 Å². The zero-order valence-electron chi connectivity index (χ0n) is 21.8. The van der Waals surface area contributed by atoms with Crippen LogP contribution in [0.4, 0.5) is 0 Å². The van der Waals surface area contributed by atoms with E-state index < -0.39 is 37.3 Å². The second-order valence-electron chi connectivity index (χ2n) is 9.28. The van der Waals surface area contributed by atoms with Crippen LogP contribution in [0.2, 0.25) is 0 Å². The predicted octanol–water partition coefficient (Wildman–Crippen LogP) is -0.107. The van der Waals surface area contributed by atoms with Crippen LogP contribution in [-0.4, -0.2) is 102 Å². The fourth-order valence-electron chi connectivity index (χ4n) is 4.60. The van der Waals surface area contributed by atoms with Crippen LogP contribution in [0.15, 0.2) is 36.4 Å². The van der Waals surface area contributed by atoms with Gasteiger partial charge >= 0.3 is 0 Å². The summed E-state index contributed by atoms with van der Waals surface area (Å²) in [6.07, 6.45) is -6.12. The SMILES string of the molecule is COc1ccc(C[C@@H](CO)[C@H](CO)Cc2ccc(O[C@@H]3O[C@H](CO)[C@@H](O)[C@H](O)[C@H]3O)c(OC)c2)cc1OC. The molecular formula is C27H38O11. The molecule has 0 aliphatic carbocycles. The van der Waals surface area contributed by atoms with E-state index in [9.17, 15) is 30.6 Å². The van der Waals surface area contributed by atoms with Crippen molar-refractivity contribution in [1.29, 1.82) is 0 Å². The first kappa shape index (κ1) is 29.9. The Hall–Kier alpha value is -2.64. The first-order valence-corrected chi connectivity index (χ1v) is 12.4. The van der Waals surface area contributed by atoms with E-state index in [4.69, 9.17) is 23.7 Å². The first-order valence-electron chi connectivity index (χ1n) is 12.4. The Morgan fingerprint density at radius 1 is 0.684 bits per heavy atom. The normalized spacial score (nSPS) is 24.9. The molecule has 0 bridgehead atoms. The zero-order chi connectivity index (χ0) is 27.8. The molecule has 0 aromatic heterocycles. The van der Waals surface area contributed by atoms with E-state index in [1.165, 1.54) is 7.11 Å². The summed E-state index contributed by atoms with van der Waals surface area (Å²) in [5.41, 5.74) is 1.74. The lowest BCUT2D eigenvalue weighted by Crippen LogP contribution is -2.60. The van der Waals surface area contributed by atoms with Gasteiger partial charge in [0.2, 0.25) is 6.29 Å². The minimum Gasteiger partial charge on any atom is -0.493 e. The molecule has 1 heterocycles. The van der Waals surface area contributed by atoms with E-state index in [1.807, 2.05) is 12.1 Å². The molecule has 0 spiro atoms. The quantitative estimate of drug-likeness (QED) is 0.201. The van der Waals surface area contributed by atoms with Gasteiger partial charge in [-0.15, -0.1) is 0 Å². The van der Waals surface area contributed by atoms with Crippen molar-refractivity contribution >= 4 is 0 Å². The third-order valence-electron chi connectivity index (χ3n) is 6.90. The van der Waals surface area contributed by atoms with Gasteiger partial charge in [0, 0.05) is 13.2 Å². The lowest BCUT2D eigenvalue weighted by Gasteiger charge is -2.39. The average molecular weight is 539 g/mol. The summed E-state index contributed by atoms with van der Waals surface area (Å²) in [4.78, 5) is 0. The van der Waals surface area contributed by atoms with E-state index in [0.29, 0.717) is 30.1 Å². The second kappa shape index (κ2) is 13.9. The molecule has 2 aromatic carbocycles. The Labute approximate surface area is 221 Å². The Kier molecular flexibility index (Phi) is 11.0. The Morgan fingerprint density at radius 3 is 1.66 bits per heavy atom. The van der Waals surface area contributed by atoms with Crippen molar-refractivity contribution in [3.8, 4) is 23.0 Å². The Morgan fingerprint density at radius 2 is 1.18 bits per heavy atom. The van der Waals surface area contributed by atoms with Gasteiger partial charge in [0.1, 0.15) is 24.4 Å². The van der Waals surface area contributed by atoms with Gasteiger partial charge in [-0.1, -0.05) is 12.1 Å². The topological polar surface area (TPSA) is 168 Å². The van der Waals surface area contributed by atoms with Crippen molar-refractivity contribution in [2.24, 2.45) is 11.8 Å². The molecule has 0 radical (unpaired) electrons. The van der Waals surface area contributed by atoms with Crippen LogP contribution in [0.25, 0.3) is 0 Å². The lowest BCUT2D eigenvalue weighted by atomic mass is 9.83. The number of methoxy groups -OCH3 is 3. The van der Waals surface area contributed by atoms with E-state index in [2.05, 4.69) is 0 Å². The van der Waals surface area contributed by atoms with E-state index >= 15 is 0 Å². The van der Waals surface area contributed by atoms with Gasteiger partial charge in [0.15, 0.2) is 23.0 Å². The molecule has 7 atom stereocenters. The van der Waals surface area contributed by atoms with Crippen LogP contribution < -0.4 is 18.9 Å². The predicted molar refractivity (Wildman–Crippen MR) is 135 cm³/mol. The number of aliphatic hydroxyl groups is 6. The smallest absolute Gasteiger partial charge is 0.229 e. The maximum absolute atomic E-state index is 10.3. The van der Waals surface area contributed by atoms with Gasteiger partial charge in [-0.25, -0.2) is 0 Å². The summed E-state index contributed by atoms with van der Waals surface area (Å²) >= 11 is 0. The van der Waals surface area contributed by atoms with Crippen molar-refractivity contribution in [3.63, 3.8) is 0 Å². The summed E-state index contributed by atoms with van der Waals surface area (Å²) in [5, 5.41) is 59.9. The molecule has 11 nitrogen and oxygen atoms in total. The van der Waals surface area contributed by atoms with Crippen LogP contribution in [0.1, 0.15) is 11.1 Å². The highest BCUT2D eigenvalue weighted by Gasteiger charge is 2.45. The highest BCUT2D eigenvalue weighted by Crippen LogP contribution is 2.34. The molecule has 1 fully saturated rings. The third kappa shape index (κ3) is 6.86. The third-order valence-corrected chi connectivity index (χ3v) is 6.90. The molecule has 3 rings (SSSR count). The van der Waals surface area contributed by atoms with Crippen LogP contribution in [0.5, 0.6) is 23.0 Å². The summed E-state index contributed by atoms with van der Waals surface area (Å²) in [5.74, 6) is 1.21. The number of hydrogen-bond donors (Lipinski definition) is 6. The van der Waals surface area contributed by atoms with Gasteiger partial charge in [-0.05, 0) is 60.1 Å². The Bertz CT molecular complexity index is 1010. The molecule has 2 aromatic rings. The maximum Gasteiger partial charge on any atom is 0.229 e. The van der Waals surface area contributed by atoms with Crippen molar-refractivity contribution in [2.75, 3.05) is 41.2 Å². The minimum absolute atomic E-state index is 0.130. The summed E-state index contributed by atoms with van der Waals surface area (Å²) in [6, 6.07) is 10.6. The van der Waals surface area contributed by atoms with Crippen LogP contribution in [0, 0.1) is 11.8 Å². The highest BCUT2D eigenvalue weighted by molar-refractivity contribution is 5.44. The summed E-state index contributed by atoms with van der Waals surface area (Å²) < 4.78 is 27.2. The molecule has 11 heteroatoms. The molecule has 38 heavy (non-hydrogen) atoms. The van der Waals surface area contributed by atoms with E-state index in [1.54, 1.807) is 38.5 Å². The van der Waals surface area contributed by atoms with Crippen LogP contribution in [0.3, 0.4) is 0 Å². The molecular weight excluding hydrogens is 500 g/mol. The van der Waals surface area contributed by atoms with E-state index in [-0.39, 0.29) is 30.8 Å². The van der Waals surface area contributed by atoms with Crippen LogP contribution >= 0.6 is 0 Å². The summed E-state index contributed by atoms with van der Waals surface area (Å²) in [7, 11) is 4.56. The van der Waals surface area contributed by atoms with E-state index in [0.717, 1.165) is 11.1 Å². The number of aliphatic hydroxyl groups excluding tert-OH is 6. The molecule has 0 saturated carbocycles. The highest BCUT2D eigenvalue weighted by atomic mass is 16.7. The first-order chi connectivity index (χ1) is 18.3. The number of rotatable bonds is 13. The Balaban J connectivity index is 1.73. The molecule has 6 N–H and O–H groups in total. The fraction of sp³-hybridized carbons (Fsp3) is 0.556.